The number of rotatable bonds is 12. The smallest absolute Gasteiger partial charge is 0.407 e. The summed E-state index contributed by atoms with van der Waals surface area (Å²) in [6.07, 6.45) is 4.72. The minimum atomic E-state index is -1.23. The summed E-state index contributed by atoms with van der Waals surface area (Å²) in [6, 6.07) is 15.7. The number of carboxylic acid groups (broad SMARTS) is 1. The number of H-pyrrole nitrogens is 2. The predicted octanol–water partition coefficient (Wildman–Crippen LogP) is 9.29. The lowest BCUT2D eigenvalue weighted by Crippen LogP contribution is -2.51. The fraction of sp³-hybridized carbons (Fsp3) is 0.538. The number of amides is 4. The van der Waals surface area contributed by atoms with Crippen molar-refractivity contribution in [3.63, 3.8) is 0 Å². The van der Waals surface area contributed by atoms with Gasteiger partial charge in [-0.3, -0.25) is 9.59 Å². The molecule has 6 atom stereocenters. The third-order valence-corrected chi connectivity index (χ3v) is 15.2. The van der Waals surface area contributed by atoms with Gasteiger partial charge in [0.2, 0.25) is 11.8 Å². The number of carbonyl (C=O) groups is 4. The van der Waals surface area contributed by atoms with Crippen molar-refractivity contribution in [2.75, 3.05) is 43.1 Å². The Balaban J connectivity index is 1.03. The molecule has 9 rings (SSSR count). The lowest BCUT2D eigenvalue weighted by atomic mass is 9.82. The maximum absolute atomic E-state index is 16.6. The van der Waals surface area contributed by atoms with Crippen LogP contribution in [-0.2, 0) is 14.3 Å². The number of methoxy groups -OCH3 is 1. The monoisotopic (exact) mass is 947 g/mol. The Bertz CT molecular complexity index is 2720. The normalized spacial score (nSPS) is 22.5. The van der Waals surface area contributed by atoms with Crippen molar-refractivity contribution >= 4 is 57.4 Å². The maximum Gasteiger partial charge on any atom is 0.407 e. The quantitative estimate of drug-likeness (QED) is 0.0806. The minimum absolute atomic E-state index is 0.121. The highest BCUT2D eigenvalue weighted by Crippen LogP contribution is 2.49. The molecule has 0 unspecified atom stereocenters. The summed E-state index contributed by atoms with van der Waals surface area (Å²) < 4.78 is 21.4. The molecule has 4 amide bonds. The van der Waals surface area contributed by atoms with Gasteiger partial charge in [-0.1, -0.05) is 53.7 Å². The summed E-state index contributed by atoms with van der Waals surface area (Å²) >= 11 is 0. The van der Waals surface area contributed by atoms with Gasteiger partial charge in [0.15, 0.2) is 0 Å². The second kappa shape index (κ2) is 19.2. The third-order valence-electron chi connectivity index (χ3n) is 15.2. The van der Waals surface area contributed by atoms with Gasteiger partial charge in [0.05, 0.1) is 59.0 Å². The van der Waals surface area contributed by atoms with E-state index >= 15 is 4.39 Å². The standard InChI is InChI=1S/C52H67FN10O6/c1-29(2)44(58-50(66)67)48(64)61-22-8-10-42(61)46-54-35-15-12-31(26-37(35)56-46)39-18-19-40(63(39)33-14-17-41(34(53)28-33)60-24-20-52(5,6)21-25-60)32-13-16-36-38(27-32)57-47(55-36)43-11-9-23-62(43)49(65)45(30(3)4)59-51(68)69-7/h12-17,26-30,39-40,42-45,58H,8-11,18-25H2,1-7H3,(H,54,56)(H,55,57)(H,59,68)(H,66,67)/t39-,40-,42+,43+,44+,45+/m1/s1. The fourth-order valence-corrected chi connectivity index (χ4v) is 11.2. The molecule has 4 aliphatic rings. The molecular weight excluding hydrogens is 880 g/mol. The number of imidazole rings is 2. The number of nitrogens with one attached hydrogen (secondary N) is 4. The molecule has 0 saturated carbocycles. The first-order chi connectivity index (χ1) is 33.0. The average molecular weight is 947 g/mol. The highest BCUT2D eigenvalue weighted by molar-refractivity contribution is 5.87. The Labute approximate surface area is 402 Å². The van der Waals surface area contributed by atoms with E-state index in [1.54, 1.807) is 11.0 Å². The Hall–Kier alpha value is -6.39. The third kappa shape index (κ3) is 9.52. The van der Waals surface area contributed by atoms with Crippen LogP contribution in [0.15, 0.2) is 54.6 Å². The van der Waals surface area contributed by atoms with Crippen LogP contribution in [0, 0.1) is 23.1 Å². The van der Waals surface area contributed by atoms with E-state index in [1.807, 2.05) is 50.8 Å². The molecule has 4 saturated heterocycles. The van der Waals surface area contributed by atoms with Gasteiger partial charge in [0.25, 0.3) is 0 Å². The molecule has 17 heteroatoms. The molecule has 4 aliphatic heterocycles. The van der Waals surface area contributed by atoms with E-state index in [2.05, 4.69) is 74.6 Å². The number of aromatic amines is 2. The number of likely N-dealkylation sites (tertiary alicyclic amines) is 2. The number of hydrogen-bond acceptors (Lipinski definition) is 9. The first kappa shape index (κ1) is 47.7. The molecule has 69 heavy (non-hydrogen) atoms. The fourth-order valence-electron chi connectivity index (χ4n) is 11.2. The molecular formula is C52H67FN10O6. The van der Waals surface area contributed by atoms with Gasteiger partial charge in [0, 0.05) is 31.9 Å². The van der Waals surface area contributed by atoms with Gasteiger partial charge in [-0.15, -0.1) is 0 Å². The van der Waals surface area contributed by atoms with Crippen LogP contribution >= 0.6 is 0 Å². The number of hydrogen-bond donors (Lipinski definition) is 5. The number of piperidine rings is 1. The number of fused-ring (bicyclic) bond motifs is 2. The molecule has 368 valence electrons. The van der Waals surface area contributed by atoms with Crippen molar-refractivity contribution in [2.24, 2.45) is 17.3 Å². The molecule has 0 bridgehead atoms. The molecule has 6 heterocycles. The topological polar surface area (TPSA) is 192 Å². The molecule has 0 aliphatic carbocycles. The zero-order valence-electron chi connectivity index (χ0n) is 40.8. The SMILES string of the molecule is COC(=O)N[C@H](C(=O)N1CCC[C@H]1c1nc2ccc([C@H]3CC[C@H](c4ccc5[nH]c([C@@H]6CCCN6C(=O)[C@@H](NC(=O)O)C(C)C)nc5c4)N3c3ccc(N4CCC(C)(C)CC4)c(F)c3)cc2[nH]1)C(C)C. The second-order valence-corrected chi connectivity index (χ2v) is 21.0. The molecule has 0 spiro atoms. The predicted molar refractivity (Wildman–Crippen MR) is 262 cm³/mol. The Kier molecular flexibility index (Phi) is 13.3. The zero-order valence-corrected chi connectivity index (χ0v) is 40.8. The number of halogens is 1. The molecule has 4 fully saturated rings. The highest BCUT2D eigenvalue weighted by Gasteiger charge is 2.41. The van der Waals surface area contributed by atoms with Crippen LogP contribution in [0.5, 0.6) is 0 Å². The first-order valence-corrected chi connectivity index (χ1v) is 24.8. The summed E-state index contributed by atoms with van der Waals surface area (Å²) in [5.41, 5.74) is 6.94. The summed E-state index contributed by atoms with van der Waals surface area (Å²) in [4.78, 5) is 76.7. The summed E-state index contributed by atoms with van der Waals surface area (Å²) in [5, 5.41) is 14.6. The number of nitrogens with zero attached hydrogens (tertiary/aromatic N) is 6. The van der Waals surface area contributed by atoms with Gasteiger partial charge >= 0.3 is 12.2 Å². The van der Waals surface area contributed by atoms with Gasteiger partial charge in [-0.25, -0.2) is 23.9 Å². The van der Waals surface area contributed by atoms with Crippen molar-refractivity contribution in [3.05, 3.63) is 83.2 Å². The van der Waals surface area contributed by atoms with E-state index in [-0.39, 0.29) is 59.0 Å². The van der Waals surface area contributed by atoms with E-state index in [0.29, 0.717) is 36.8 Å². The van der Waals surface area contributed by atoms with Crippen LogP contribution in [0.1, 0.15) is 140 Å². The van der Waals surface area contributed by atoms with Crippen LogP contribution in [-0.4, -0.2) is 104 Å². The minimum Gasteiger partial charge on any atom is -0.465 e. The van der Waals surface area contributed by atoms with Crippen molar-refractivity contribution < 1.29 is 33.4 Å². The maximum atomic E-state index is 16.6. The number of aromatic nitrogens is 4. The number of anilines is 2. The largest absolute Gasteiger partial charge is 0.465 e. The molecule has 5 aromatic rings. The molecule has 2 aromatic heterocycles. The van der Waals surface area contributed by atoms with Gasteiger partial charge in [0.1, 0.15) is 29.5 Å². The number of carbonyl (C=O) groups excluding carboxylic acids is 3. The van der Waals surface area contributed by atoms with E-state index < -0.39 is 24.3 Å². The number of benzene rings is 3. The van der Waals surface area contributed by atoms with Crippen LogP contribution in [0.25, 0.3) is 22.1 Å². The second-order valence-electron chi connectivity index (χ2n) is 21.0. The van der Waals surface area contributed by atoms with Crippen molar-refractivity contribution in [3.8, 4) is 0 Å². The Morgan fingerprint density at radius 3 is 1.86 bits per heavy atom. The van der Waals surface area contributed by atoms with Crippen molar-refractivity contribution in [1.29, 1.82) is 0 Å². The summed E-state index contributed by atoms with van der Waals surface area (Å²) in [5.74, 6) is 0.319. The highest BCUT2D eigenvalue weighted by atomic mass is 19.1. The molecule has 3 aromatic carbocycles. The van der Waals surface area contributed by atoms with E-state index in [1.165, 1.54) is 7.11 Å². The molecule has 0 radical (unpaired) electrons. The first-order valence-electron chi connectivity index (χ1n) is 24.8. The van der Waals surface area contributed by atoms with Crippen molar-refractivity contribution in [2.45, 2.75) is 129 Å². The summed E-state index contributed by atoms with van der Waals surface area (Å²) in [6.45, 7) is 14.7. The van der Waals surface area contributed by atoms with Gasteiger partial charge < -0.3 is 50.0 Å². The zero-order chi connectivity index (χ0) is 48.9. The molecule has 16 nitrogen and oxygen atoms in total. The van der Waals surface area contributed by atoms with E-state index in [0.717, 1.165) is 96.9 Å². The number of ether oxygens (including phenoxy) is 1. The average Bonchev–Trinajstić information content (AvgIpc) is 4.18. The van der Waals surface area contributed by atoms with Crippen LogP contribution in [0.3, 0.4) is 0 Å². The van der Waals surface area contributed by atoms with Crippen LogP contribution in [0.2, 0.25) is 0 Å². The van der Waals surface area contributed by atoms with E-state index in [4.69, 9.17) is 14.7 Å². The van der Waals surface area contributed by atoms with Crippen molar-refractivity contribution in [1.82, 2.24) is 40.4 Å². The van der Waals surface area contributed by atoms with Gasteiger partial charge in [-0.05, 0) is 122 Å². The van der Waals surface area contributed by atoms with E-state index in [9.17, 15) is 24.3 Å². The lowest BCUT2D eigenvalue weighted by molar-refractivity contribution is -0.136. The lowest BCUT2D eigenvalue weighted by Gasteiger charge is -2.39. The van der Waals surface area contributed by atoms with Crippen LogP contribution in [0.4, 0.5) is 25.4 Å². The summed E-state index contributed by atoms with van der Waals surface area (Å²) in [7, 11) is 1.29. The van der Waals surface area contributed by atoms with Gasteiger partial charge in [-0.2, -0.15) is 0 Å². The number of alkyl carbamates (subject to hydrolysis) is 1. The Morgan fingerprint density at radius 1 is 0.710 bits per heavy atom. The Morgan fingerprint density at radius 2 is 1.28 bits per heavy atom. The molecule has 5 N–H and O–H groups in total. The van der Waals surface area contributed by atoms with Crippen LogP contribution < -0.4 is 20.4 Å².